The van der Waals surface area contributed by atoms with Gasteiger partial charge in [0.1, 0.15) is 0 Å². The number of nitrogens with zero attached hydrogens (tertiary/aromatic N) is 2. The molecular formula is C18H18N2. The molecule has 1 unspecified atom stereocenters. The van der Waals surface area contributed by atoms with Crippen LogP contribution in [0, 0.1) is 12.8 Å². The maximum atomic E-state index is 4.76. The van der Waals surface area contributed by atoms with Gasteiger partial charge >= 0.3 is 0 Å². The summed E-state index contributed by atoms with van der Waals surface area (Å²) in [6.45, 7) is 4.29. The minimum absolute atomic E-state index is 0.620. The van der Waals surface area contributed by atoms with Crippen LogP contribution >= 0.6 is 0 Å². The number of benzene rings is 1. The van der Waals surface area contributed by atoms with Gasteiger partial charge in [-0.05, 0) is 30.4 Å². The van der Waals surface area contributed by atoms with E-state index in [0.29, 0.717) is 5.92 Å². The average Bonchev–Trinajstić information content (AvgIpc) is 2.50. The SMILES string of the molecule is Cc1cnc(-c2ccccc2)nc1C1=CCC(C)C=C1. The van der Waals surface area contributed by atoms with E-state index in [-0.39, 0.29) is 0 Å². The summed E-state index contributed by atoms with van der Waals surface area (Å²) < 4.78 is 0. The zero-order chi connectivity index (χ0) is 13.9. The standard InChI is InChI=1S/C18H18N2/c1-13-8-10-15(11-9-13)17-14(2)12-19-18(20-17)16-6-4-3-5-7-16/h3-8,10-13H,9H2,1-2H3. The molecule has 3 rings (SSSR count). The lowest BCUT2D eigenvalue weighted by Gasteiger charge is -2.13. The number of allylic oxidation sites excluding steroid dienone is 4. The van der Waals surface area contributed by atoms with Crippen LogP contribution in [0.15, 0.2) is 54.8 Å². The molecule has 2 heteroatoms. The third kappa shape index (κ3) is 2.55. The molecule has 0 N–H and O–H groups in total. The van der Waals surface area contributed by atoms with Crippen LogP contribution in [0.5, 0.6) is 0 Å². The fraction of sp³-hybridized carbons (Fsp3) is 0.222. The van der Waals surface area contributed by atoms with Gasteiger partial charge in [0.25, 0.3) is 0 Å². The Balaban J connectivity index is 2.02. The fourth-order valence-corrected chi connectivity index (χ4v) is 2.36. The van der Waals surface area contributed by atoms with Crippen molar-refractivity contribution in [2.24, 2.45) is 5.92 Å². The maximum Gasteiger partial charge on any atom is 0.159 e. The van der Waals surface area contributed by atoms with Gasteiger partial charge < -0.3 is 0 Å². The van der Waals surface area contributed by atoms with Gasteiger partial charge in [0, 0.05) is 11.8 Å². The van der Waals surface area contributed by atoms with E-state index >= 15 is 0 Å². The highest BCUT2D eigenvalue weighted by Gasteiger charge is 2.11. The number of rotatable bonds is 2. The van der Waals surface area contributed by atoms with Crippen molar-refractivity contribution < 1.29 is 0 Å². The van der Waals surface area contributed by atoms with E-state index in [1.165, 1.54) is 5.57 Å². The molecule has 1 aliphatic carbocycles. The van der Waals surface area contributed by atoms with Crippen molar-refractivity contribution in [3.63, 3.8) is 0 Å². The number of aryl methyl sites for hydroxylation is 1. The van der Waals surface area contributed by atoms with Crippen LogP contribution in [0.4, 0.5) is 0 Å². The Bertz CT molecular complexity index is 669. The Kier molecular flexibility index (Phi) is 3.46. The van der Waals surface area contributed by atoms with Gasteiger partial charge in [0.2, 0.25) is 0 Å². The molecule has 1 atom stereocenters. The third-order valence-corrected chi connectivity index (χ3v) is 3.59. The topological polar surface area (TPSA) is 25.8 Å². The van der Waals surface area contributed by atoms with Crippen molar-refractivity contribution in [3.05, 3.63) is 66.0 Å². The summed E-state index contributed by atoms with van der Waals surface area (Å²) in [6, 6.07) is 10.1. The lowest BCUT2D eigenvalue weighted by atomic mass is 9.95. The lowest BCUT2D eigenvalue weighted by Crippen LogP contribution is -2.01. The van der Waals surface area contributed by atoms with Gasteiger partial charge in [-0.1, -0.05) is 55.5 Å². The molecular weight excluding hydrogens is 244 g/mol. The quantitative estimate of drug-likeness (QED) is 0.800. The van der Waals surface area contributed by atoms with E-state index in [4.69, 9.17) is 4.98 Å². The molecule has 0 spiro atoms. The molecule has 20 heavy (non-hydrogen) atoms. The minimum atomic E-state index is 0.620. The van der Waals surface area contributed by atoms with Crippen LogP contribution in [-0.4, -0.2) is 9.97 Å². The zero-order valence-electron chi connectivity index (χ0n) is 11.9. The van der Waals surface area contributed by atoms with Crippen LogP contribution in [0.3, 0.4) is 0 Å². The molecule has 2 aromatic rings. The van der Waals surface area contributed by atoms with Crippen LogP contribution in [0.25, 0.3) is 17.0 Å². The molecule has 1 heterocycles. The van der Waals surface area contributed by atoms with Crippen LogP contribution in [0.1, 0.15) is 24.6 Å². The van der Waals surface area contributed by atoms with Crippen molar-refractivity contribution in [3.8, 4) is 11.4 Å². The molecule has 0 radical (unpaired) electrons. The first-order chi connectivity index (χ1) is 9.74. The van der Waals surface area contributed by atoms with Gasteiger partial charge in [-0.25, -0.2) is 9.97 Å². The van der Waals surface area contributed by atoms with Gasteiger partial charge in [-0.3, -0.25) is 0 Å². The van der Waals surface area contributed by atoms with Gasteiger partial charge in [-0.2, -0.15) is 0 Å². The third-order valence-electron chi connectivity index (χ3n) is 3.59. The molecule has 0 bridgehead atoms. The predicted octanol–water partition coefficient (Wildman–Crippen LogP) is 4.43. The normalized spacial score (nSPS) is 17.9. The average molecular weight is 262 g/mol. The Labute approximate surface area is 119 Å². The molecule has 0 fully saturated rings. The van der Waals surface area contributed by atoms with E-state index in [1.54, 1.807) is 0 Å². The fourth-order valence-electron chi connectivity index (χ4n) is 2.36. The molecule has 1 aromatic carbocycles. The van der Waals surface area contributed by atoms with Crippen LogP contribution < -0.4 is 0 Å². The molecule has 0 saturated carbocycles. The van der Waals surface area contributed by atoms with E-state index in [2.05, 4.69) is 37.1 Å². The summed E-state index contributed by atoms with van der Waals surface area (Å²) >= 11 is 0. The molecule has 0 amide bonds. The van der Waals surface area contributed by atoms with Gasteiger partial charge in [-0.15, -0.1) is 0 Å². The summed E-state index contributed by atoms with van der Waals surface area (Å²) in [6.07, 6.45) is 9.69. The second-order valence-corrected chi connectivity index (χ2v) is 5.32. The minimum Gasteiger partial charge on any atom is -0.236 e. The first-order valence-electron chi connectivity index (χ1n) is 7.02. The highest BCUT2D eigenvalue weighted by Crippen LogP contribution is 2.26. The van der Waals surface area contributed by atoms with Crippen molar-refractivity contribution in [2.75, 3.05) is 0 Å². The molecule has 1 aromatic heterocycles. The van der Waals surface area contributed by atoms with Crippen LogP contribution in [0.2, 0.25) is 0 Å². The van der Waals surface area contributed by atoms with E-state index in [9.17, 15) is 0 Å². The first-order valence-corrected chi connectivity index (χ1v) is 7.02. The highest BCUT2D eigenvalue weighted by atomic mass is 14.9. The molecule has 0 aliphatic heterocycles. The maximum absolute atomic E-state index is 4.76. The predicted molar refractivity (Wildman–Crippen MR) is 83.1 cm³/mol. The highest BCUT2D eigenvalue weighted by molar-refractivity contribution is 5.75. The molecule has 1 aliphatic rings. The van der Waals surface area contributed by atoms with Gasteiger partial charge in [0.05, 0.1) is 5.69 Å². The van der Waals surface area contributed by atoms with Crippen molar-refractivity contribution in [1.29, 1.82) is 0 Å². The Morgan fingerprint density at radius 1 is 1.15 bits per heavy atom. The molecule has 2 nitrogen and oxygen atoms in total. The summed E-state index contributed by atoms with van der Waals surface area (Å²) in [7, 11) is 0. The van der Waals surface area contributed by atoms with E-state index < -0.39 is 0 Å². The smallest absolute Gasteiger partial charge is 0.159 e. The first kappa shape index (κ1) is 12.8. The summed E-state index contributed by atoms with van der Waals surface area (Å²) in [5.74, 6) is 1.41. The Morgan fingerprint density at radius 3 is 2.65 bits per heavy atom. The Morgan fingerprint density at radius 2 is 1.95 bits per heavy atom. The van der Waals surface area contributed by atoms with Crippen molar-refractivity contribution in [2.45, 2.75) is 20.3 Å². The second kappa shape index (κ2) is 5.41. The van der Waals surface area contributed by atoms with E-state index in [1.807, 2.05) is 36.5 Å². The number of aromatic nitrogens is 2. The zero-order valence-corrected chi connectivity index (χ0v) is 11.9. The van der Waals surface area contributed by atoms with Gasteiger partial charge in [0.15, 0.2) is 5.82 Å². The molecule has 100 valence electrons. The summed E-state index contributed by atoms with van der Waals surface area (Å²) in [5.41, 5.74) is 4.43. The van der Waals surface area contributed by atoms with E-state index in [0.717, 1.165) is 29.1 Å². The number of hydrogen-bond acceptors (Lipinski definition) is 2. The second-order valence-electron chi connectivity index (χ2n) is 5.32. The number of hydrogen-bond donors (Lipinski definition) is 0. The monoisotopic (exact) mass is 262 g/mol. The summed E-state index contributed by atoms with van der Waals surface area (Å²) in [5, 5.41) is 0. The van der Waals surface area contributed by atoms with Crippen molar-refractivity contribution >= 4 is 5.57 Å². The van der Waals surface area contributed by atoms with Crippen molar-refractivity contribution in [1.82, 2.24) is 9.97 Å². The largest absolute Gasteiger partial charge is 0.236 e. The van der Waals surface area contributed by atoms with Crippen LogP contribution in [-0.2, 0) is 0 Å². The lowest BCUT2D eigenvalue weighted by molar-refractivity contribution is 0.738. The molecule has 0 saturated heterocycles. The summed E-state index contributed by atoms with van der Waals surface area (Å²) in [4.78, 5) is 9.22. The Hall–Kier alpha value is -2.22.